The van der Waals surface area contributed by atoms with Gasteiger partial charge in [0.15, 0.2) is 0 Å². The van der Waals surface area contributed by atoms with Crippen LogP contribution in [0.15, 0.2) is 0 Å². The summed E-state index contributed by atoms with van der Waals surface area (Å²) in [5, 5.41) is 2.49. The number of nitrogens with zero attached hydrogens (tertiary/aromatic N) is 1. The Bertz CT molecular complexity index is 329. The summed E-state index contributed by atoms with van der Waals surface area (Å²) < 4.78 is 4.59. The fourth-order valence-electron chi connectivity index (χ4n) is 1.93. The molecule has 0 aromatic heterocycles. The second kappa shape index (κ2) is 5.65. The van der Waals surface area contributed by atoms with Crippen molar-refractivity contribution in [1.29, 1.82) is 0 Å². The van der Waals surface area contributed by atoms with Crippen molar-refractivity contribution in [3.05, 3.63) is 0 Å². The van der Waals surface area contributed by atoms with Crippen molar-refractivity contribution < 1.29 is 19.1 Å². The van der Waals surface area contributed by atoms with E-state index < -0.39 is 12.0 Å². The summed E-state index contributed by atoms with van der Waals surface area (Å²) in [5.74, 6) is -0.553. The molecule has 0 saturated carbocycles. The molecule has 1 aliphatic rings. The van der Waals surface area contributed by atoms with Gasteiger partial charge >= 0.3 is 5.97 Å². The Morgan fingerprint density at radius 2 is 2.24 bits per heavy atom. The van der Waals surface area contributed by atoms with Crippen molar-refractivity contribution >= 4 is 17.8 Å². The zero-order chi connectivity index (χ0) is 13.0. The Morgan fingerprint density at radius 1 is 1.59 bits per heavy atom. The van der Waals surface area contributed by atoms with Gasteiger partial charge in [-0.1, -0.05) is 6.92 Å². The van der Waals surface area contributed by atoms with E-state index in [9.17, 15) is 14.4 Å². The van der Waals surface area contributed by atoms with Crippen molar-refractivity contribution in [1.82, 2.24) is 10.2 Å². The largest absolute Gasteiger partial charge is 0.467 e. The molecule has 6 nitrogen and oxygen atoms in total. The molecule has 0 aromatic rings. The van der Waals surface area contributed by atoms with Crippen LogP contribution in [0.1, 0.15) is 20.3 Å². The van der Waals surface area contributed by atoms with Crippen LogP contribution in [0.25, 0.3) is 0 Å². The normalized spacial score (nSPS) is 21.2. The summed E-state index contributed by atoms with van der Waals surface area (Å²) in [4.78, 5) is 35.6. The SMILES string of the molecule is COC(=O)C(CN1CC(C)CC1=O)NC(C)=O. The smallest absolute Gasteiger partial charge is 0.330 e. The first-order chi connectivity index (χ1) is 7.93. The summed E-state index contributed by atoms with van der Waals surface area (Å²) >= 11 is 0. The lowest BCUT2D eigenvalue weighted by molar-refractivity contribution is -0.146. The van der Waals surface area contributed by atoms with Crippen molar-refractivity contribution in [2.45, 2.75) is 26.3 Å². The van der Waals surface area contributed by atoms with Gasteiger partial charge in [-0.2, -0.15) is 0 Å². The first kappa shape index (κ1) is 13.5. The first-order valence-corrected chi connectivity index (χ1v) is 5.56. The summed E-state index contributed by atoms with van der Waals surface area (Å²) in [7, 11) is 1.26. The molecule has 6 heteroatoms. The van der Waals surface area contributed by atoms with Gasteiger partial charge in [0, 0.05) is 19.9 Å². The second-order valence-electron chi connectivity index (χ2n) is 4.38. The fraction of sp³-hybridized carbons (Fsp3) is 0.727. The number of likely N-dealkylation sites (tertiary alicyclic amines) is 1. The van der Waals surface area contributed by atoms with Gasteiger partial charge in [0.25, 0.3) is 0 Å². The monoisotopic (exact) mass is 242 g/mol. The van der Waals surface area contributed by atoms with Crippen LogP contribution in [-0.2, 0) is 19.1 Å². The Hall–Kier alpha value is -1.59. The van der Waals surface area contributed by atoms with Gasteiger partial charge in [-0.05, 0) is 5.92 Å². The van der Waals surface area contributed by atoms with Crippen LogP contribution in [0.5, 0.6) is 0 Å². The van der Waals surface area contributed by atoms with Crippen molar-refractivity contribution in [2.24, 2.45) is 5.92 Å². The lowest BCUT2D eigenvalue weighted by Gasteiger charge is -2.22. The van der Waals surface area contributed by atoms with Crippen LogP contribution in [-0.4, -0.2) is 48.9 Å². The van der Waals surface area contributed by atoms with E-state index in [4.69, 9.17) is 0 Å². The number of methoxy groups -OCH3 is 1. The highest BCUT2D eigenvalue weighted by atomic mass is 16.5. The molecule has 1 aliphatic heterocycles. The number of nitrogens with one attached hydrogen (secondary N) is 1. The van der Waals surface area contributed by atoms with Crippen LogP contribution in [0.4, 0.5) is 0 Å². The number of hydrogen-bond acceptors (Lipinski definition) is 4. The van der Waals surface area contributed by atoms with Gasteiger partial charge in [0.05, 0.1) is 13.7 Å². The predicted molar refractivity (Wildman–Crippen MR) is 60.0 cm³/mol. The van der Waals surface area contributed by atoms with Gasteiger partial charge in [0.1, 0.15) is 6.04 Å². The van der Waals surface area contributed by atoms with Crippen LogP contribution < -0.4 is 5.32 Å². The van der Waals surface area contributed by atoms with E-state index in [2.05, 4.69) is 10.1 Å². The summed E-state index contributed by atoms with van der Waals surface area (Å²) in [5.41, 5.74) is 0. The second-order valence-corrected chi connectivity index (χ2v) is 4.38. The molecule has 2 unspecified atom stereocenters. The van der Waals surface area contributed by atoms with Crippen molar-refractivity contribution in [3.8, 4) is 0 Å². The third-order valence-corrected chi connectivity index (χ3v) is 2.67. The van der Waals surface area contributed by atoms with E-state index in [0.717, 1.165) is 0 Å². The predicted octanol–water partition coefficient (Wildman–Crippen LogP) is -0.467. The molecule has 0 aliphatic carbocycles. The number of hydrogen-bond donors (Lipinski definition) is 1. The number of carbonyl (C=O) groups excluding carboxylic acids is 3. The van der Waals surface area contributed by atoms with Gasteiger partial charge in [-0.3, -0.25) is 9.59 Å². The van der Waals surface area contributed by atoms with Crippen LogP contribution >= 0.6 is 0 Å². The first-order valence-electron chi connectivity index (χ1n) is 5.56. The Morgan fingerprint density at radius 3 is 2.65 bits per heavy atom. The third-order valence-electron chi connectivity index (χ3n) is 2.67. The molecule has 96 valence electrons. The maximum absolute atomic E-state index is 11.6. The molecular weight excluding hydrogens is 224 g/mol. The number of amides is 2. The van der Waals surface area contributed by atoms with Crippen LogP contribution in [0.2, 0.25) is 0 Å². The number of rotatable bonds is 4. The highest BCUT2D eigenvalue weighted by Crippen LogP contribution is 2.16. The molecule has 1 rings (SSSR count). The highest BCUT2D eigenvalue weighted by Gasteiger charge is 2.31. The van der Waals surface area contributed by atoms with E-state index in [0.29, 0.717) is 13.0 Å². The topological polar surface area (TPSA) is 75.7 Å². The molecule has 1 fully saturated rings. The van der Waals surface area contributed by atoms with E-state index >= 15 is 0 Å². The van der Waals surface area contributed by atoms with Crippen LogP contribution in [0.3, 0.4) is 0 Å². The molecule has 0 aromatic carbocycles. The maximum Gasteiger partial charge on any atom is 0.330 e. The zero-order valence-electron chi connectivity index (χ0n) is 10.4. The molecule has 2 amide bonds. The zero-order valence-corrected chi connectivity index (χ0v) is 10.4. The molecule has 1 heterocycles. The Balaban J connectivity index is 2.62. The molecule has 1 saturated heterocycles. The average molecular weight is 242 g/mol. The van der Waals surface area contributed by atoms with E-state index in [1.807, 2.05) is 6.92 Å². The lowest BCUT2D eigenvalue weighted by Crippen LogP contribution is -2.48. The van der Waals surface area contributed by atoms with Gasteiger partial charge < -0.3 is 15.0 Å². The standard InChI is InChI=1S/C11H18N2O4/c1-7-4-10(15)13(5-7)6-9(11(16)17-3)12-8(2)14/h7,9H,4-6H2,1-3H3,(H,12,14). The minimum atomic E-state index is -0.785. The Labute approximate surface area is 100 Å². The minimum absolute atomic E-state index is 0.0109. The molecule has 0 bridgehead atoms. The van der Waals surface area contributed by atoms with E-state index in [1.54, 1.807) is 4.90 Å². The van der Waals surface area contributed by atoms with Gasteiger partial charge in [0.2, 0.25) is 11.8 Å². The number of ether oxygens (including phenoxy) is 1. The van der Waals surface area contributed by atoms with Crippen molar-refractivity contribution in [2.75, 3.05) is 20.2 Å². The Kier molecular flexibility index (Phi) is 4.48. The quantitative estimate of drug-likeness (QED) is 0.676. The minimum Gasteiger partial charge on any atom is -0.467 e. The van der Waals surface area contributed by atoms with Crippen molar-refractivity contribution in [3.63, 3.8) is 0 Å². The fourth-order valence-corrected chi connectivity index (χ4v) is 1.93. The molecule has 0 radical (unpaired) electrons. The van der Waals surface area contributed by atoms with Gasteiger partial charge in [-0.15, -0.1) is 0 Å². The molecule has 2 atom stereocenters. The lowest BCUT2D eigenvalue weighted by atomic mass is 10.2. The number of carbonyl (C=O) groups is 3. The molecule has 17 heavy (non-hydrogen) atoms. The summed E-state index contributed by atoms with van der Waals surface area (Å²) in [6.45, 7) is 4.09. The average Bonchev–Trinajstić information content (AvgIpc) is 2.54. The van der Waals surface area contributed by atoms with Crippen LogP contribution in [0, 0.1) is 5.92 Å². The van der Waals surface area contributed by atoms with E-state index in [1.165, 1.54) is 14.0 Å². The van der Waals surface area contributed by atoms with E-state index in [-0.39, 0.29) is 24.3 Å². The van der Waals surface area contributed by atoms with Gasteiger partial charge in [-0.25, -0.2) is 4.79 Å². The summed E-state index contributed by atoms with van der Waals surface area (Å²) in [6, 6.07) is -0.785. The molecular formula is C11H18N2O4. The summed E-state index contributed by atoms with van der Waals surface area (Å²) in [6.07, 6.45) is 0.494. The maximum atomic E-state index is 11.6. The molecule has 0 spiro atoms. The number of esters is 1. The highest BCUT2D eigenvalue weighted by molar-refractivity contribution is 5.85. The molecule has 1 N–H and O–H groups in total. The third kappa shape index (κ3) is 3.72.